The molecule has 1 unspecified atom stereocenters. The Morgan fingerprint density at radius 3 is 2.87 bits per heavy atom. The van der Waals surface area contributed by atoms with Gasteiger partial charge in [0, 0.05) is 44.6 Å². The number of sulfonamides is 1. The Bertz CT molecular complexity index is 563. The van der Waals surface area contributed by atoms with Crippen molar-refractivity contribution in [2.75, 3.05) is 45.5 Å². The van der Waals surface area contributed by atoms with Crippen molar-refractivity contribution in [1.29, 1.82) is 0 Å². The predicted octanol–water partition coefficient (Wildman–Crippen LogP) is -0.897. The van der Waals surface area contributed by atoms with Crippen LogP contribution in [-0.2, 0) is 14.8 Å². The summed E-state index contributed by atoms with van der Waals surface area (Å²) in [5.74, 6) is 0.923. The van der Waals surface area contributed by atoms with E-state index in [1.54, 1.807) is 0 Å². The molecule has 0 aliphatic carbocycles. The van der Waals surface area contributed by atoms with E-state index in [2.05, 4.69) is 25.2 Å². The van der Waals surface area contributed by atoms with Gasteiger partial charge in [0.05, 0.1) is 12.8 Å². The minimum absolute atomic E-state index is 0.0104. The van der Waals surface area contributed by atoms with Crippen molar-refractivity contribution >= 4 is 21.9 Å². The number of carbonyl (C=O) groups excluding carboxylic acids is 1. The van der Waals surface area contributed by atoms with Crippen LogP contribution in [0.5, 0.6) is 0 Å². The van der Waals surface area contributed by atoms with Gasteiger partial charge in [0.25, 0.3) is 0 Å². The number of likely N-dealkylation sites (tertiary alicyclic amines) is 1. The van der Waals surface area contributed by atoms with Crippen molar-refractivity contribution in [3.05, 3.63) is 0 Å². The van der Waals surface area contributed by atoms with Gasteiger partial charge in [0.1, 0.15) is 0 Å². The van der Waals surface area contributed by atoms with Gasteiger partial charge >= 0.3 is 0 Å². The molecule has 1 atom stereocenters. The molecule has 1 amide bonds. The average Bonchev–Trinajstić information content (AvgIpc) is 2.82. The number of guanidine groups is 1. The highest BCUT2D eigenvalue weighted by molar-refractivity contribution is 7.88. The molecule has 23 heavy (non-hydrogen) atoms. The number of rotatable bonds is 5. The zero-order valence-electron chi connectivity index (χ0n) is 13.9. The summed E-state index contributed by atoms with van der Waals surface area (Å²) < 4.78 is 24.6. The summed E-state index contributed by atoms with van der Waals surface area (Å²) in [7, 11) is -3.18. The normalized spacial score (nSPS) is 25.7. The fraction of sp³-hybridized carbons (Fsp3) is 0.857. The second-order valence-electron chi connectivity index (χ2n) is 6.38. The number of piperidine rings is 1. The van der Waals surface area contributed by atoms with Crippen molar-refractivity contribution in [2.24, 2.45) is 10.4 Å². The summed E-state index contributed by atoms with van der Waals surface area (Å²) >= 11 is 0. The Hall–Kier alpha value is -1.35. The zero-order chi connectivity index (χ0) is 16.9. The molecule has 1 spiro atoms. The highest BCUT2D eigenvalue weighted by Gasteiger charge is 2.42. The van der Waals surface area contributed by atoms with E-state index in [0.29, 0.717) is 13.0 Å². The molecule has 2 aliphatic rings. The van der Waals surface area contributed by atoms with Crippen LogP contribution >= 0.6 is 0 Å². The Morgan fingerprint density at radius 2 is 2.26 bits per heavy atom. The van der Waals surface area contributed by atoms with Crippen LogP contribution in [0.1, 0.15) is 26.2 Å². The number of aliphatic imine (C=N–C) groups is 1. The maximum absolute atomic E-state index is 11.6. The minimum atomic E-state index is -3.18. The van der Waals surface area contributed by atoms with Gasteiger partial charge < -0.3 is 15.5 Å². The lowest BCUT2D eigenvalue weighted by Crippen LogP contribution is -2.51. The van der Waals surface area contributed by atoms with Gasteiger partial charge in [-0.05, 0) is 19.8 Å². The molecule has 8 nitrogen and oxygen atoms in total. The van der Waals surface area contributed by atoms with E-state index in [1.807, 2.05) is 6.92 Å². The lowest BCUT2D eigenvalue weighted by atomic mass is 9.79. The van der Waals surface area contributed by atoms with Crippen LogP contribution in [0.4, 0.5) is 0 Å². The standard InChI is InChI=1S/C14H27N5O3S/c1-3-15-13(16-6-7-18-23(2,21)22)19-8-4-5-14(11-19)9-12(20)17-10-14/h18H,3-11H2,1-2H3,(H,15,16)(H,17,20). The Labute approximate surface area is 138 Å². The first-order valence-electron chi connectivity index (χ1n) is 8.08. The van der Waals surface area contributed by atoms with Crippen LogP contribution in [0.3, 0.4) is 0 Å². The van der Waals surface area contributed by atoms with E-state index in [9.17, 15) is 13.2 Å². The number of nitrogens with one attached hydrogen (secondary N) is 3. The number of hydrogen-bond acceptors (Lipinski definition) is 4. The first kappa shape index (κ1) is 18.0. The summed E-state index contributed by atoms with van der Waals surface area (Å²) in [5.41, 5.74) is 0.0104. The topological polar surface area (TPSA) is 103 Å². The lowest BCUT2D eigenvalue weighted by molar-refractivity contribution is -0.119. The van der Waals surface area contributed by atoms with E-state index in [0.717, 1.165) is 51.2 Å². The van der Waals surface area contributed by atoms with Gasteiger partial charge in [0.2, 0.25) is 15.9 Å². The van der Waals surface area contributed by atoms with E-state index in [4.69, 9.17) is 0 Å². The van der Waals surface area contributed by atoms with E-state index in [1.165, 1.54) is 0 Å². The molecule has 0 radical (unpaired) electrons. The van der Waals surface area contributed by atoms with Crippen molar-refractivity contribution < 1.29 is 13.2 Å². The molecule has 0 aromatic carbocycles. The number of carbonyl (C=O) groups is 1. The second kappa shape index (κ2) is 7.48. The Kier molecular flexibility index (Phi) is 5.85. The SMILES string of the molecule is CCNC(=NCCNS(C)(=O)=O)N1CCCC2(CNC(=O)C2)C1. The summed E-state index contributed by atoms with van der Waals surface area (Å²) in [6.45, 7) is 5.86. The highest BCUT2D eigenvalue weighted by atomic mass is 32.2. The van der Waals surface area contributed by atoms with Crippen molar-refractivity contribution in [1.82, 2.24) is 20.3 Å². The predicted molar refractivity (Wildman–Crippen MR) is 89.7 cm³/mol. The number of hydrogen-bond donors (Lipinski definition) is 3. The first-order valence-corrected chi connectivity index (χ1v) is 9.97. The third kappa shape index (κ3) is 5.35. The molecule has 3 N–H and O–H groups in total. The fourth-order valence-electron chi connectivity index (χ4n) is 3.25. The molecular weight excluding hydrogens is 318 g/mol. The number of amides is 1. The third-order valence-electron chi connectivity index (χ3n) is 4.23. The Morgan fingerprint density at radius 1 is 1.48 bits per heavy atom. The van der Waals surface area contributed by atoms with Crippen molar-refractivity contribution in [3.8, 4) is 0 Å². The average molecular weight is 345 g/mol. The van der Waals surface area contributed by atoms with Gasteiger partial charge in [-0.2, -0.15) is 0 Å². The lowest BCUT2D eigenvalue weighted by Gasteiger charge is -2.40. The summed E-state index contributed by atoms with van der Waals surface area (Å²) in [4.78, 5) is 18.3. The second-order valence-corrected chi connectivity index (χ2v) is 8.21. The van der Waals surface area contributed by atoms with Crippen molar-refractivity contribution in [2.45, 2.75) is 26.2 Å². The summed E-state index contributed by atoms with van der Waals surface area (Å²) in [6, 6.07) is 0. The van der Waals surface area contributed by atoms with Crippen LogP contribution in [0.2, 0.25) is 0 Å². The van der Waals surface area contributed by atoms with Crippen LogP contribution in [-0.4, -0.2) is 70.7 Å². The molecule has 2 aliphatic heterocycles. The summed E-state index contributed by atoms with van der Waals surface area (Å²) in [5, 5.41) is 6.20. The van der Waals surface area contributed by atoms with Crippen LogP contribution < -0.4 is 15.4 Å². The smallest absolute Gasteiger partial charge is 0.220 e. The van der Waals surface area contributed by atoms with Gasteiger partial charge in [-0.15, -0.1) is 0 Å². The summed E-state index contributed by atoms with van der Waals surface area (Å²) in [6.07, 6.45) is 3.80. The molecule has 0 bridgehead atoms. The van der Waals surface area contributed by atoms with E-state index >= 15 is 0 Å². The van der Waals surface area contributed by atoms with E-state index in [-0.39, 0.29) is 17.9 Å². The van der Waals surface area contributed by atoms with E-state index < -0.39 is 10.0 Å². The number of nitrogens with zero attached hydrogens (tertiary/aromatic N) is 2. The molecule has 2 heterocycles. The molecule has 0 saturated carbocycles. The minimum Gasteiger partial charge on any atom is -0.357 e. The molecule has 132 valence electrons. The van der Waals surface area contributed by atoms with Gasteiger partial charge in [-0.25, -0.2) is 13.1 Å². The van der Waals surface area contributed by atoms with Crippen molar-refractivity contribution in [3.63, 3.8) is 0 Å². The Balaban J connectivity index is 1.97. The quantitative estimate of drug-likeness (QED) is 0.341. The molecule has 2 fully saturated rings. The van der Waals surface area contributed by atoms with Gasteiger partial charge in [0.15, 0.2) is 5.96 Å². The zero-order valence-corrected chi connectivity index (χ0v) is 14.7. The molecule has 2 saturated heterocycles. The molecular formula is C14H27N5O3S. The molecule has 2 rings (SSSR count). The largest absolute Gasteiger partial charge is 0.357 e. The first-order chi connectivity index (χ1) is 10.8. The third-order valence-corrected chi connectivity index (χ3v) is 4.96. The maximum Gasteiger partial charge on any atom is 0.220 e. The molecule has 9 heteroatoms. The van der Waals surface area contributed by atoms with Crippen LogP contribution in [0.15, 0.2) is 4.99 Å². The molecule has 0 aromatic heterocycles. The molecule has 0 aromatic rings. The highest BCUT2D eigenvalue weighted by Crippen LogP contribution is 2.35. The maximum atomic E-state index is 11.6. The monoisotopic (exact) mass is 345 g/mol. The van der Waals surface area contributed by atoms with Gasteiger partial charge in [-0.3, -0.25) is 9.79 Å². The fourth-order valence-corrected chi connectivity index (χ4v) is 3.71. The van der Waals surface area contributed by atoms with Crippen LogP contribution in [0, 0.1) is 5.41 Å². The van der Waals surface area contributed by atoms with Gasteiger partial charge in [-0.1, -0.05) is 0 Å². The van der Waals surface area contributed by atoms with Crippen LogP contribution in [0.25, 0.3) is 0 Å².